The van der Waals surface area contributed by atoms with Gasteiger partial charge >= 0.3 is 0 Å². The van der Waals surface area contributed by atoms with Gasteiger partial charge in [-0.25, -0.2) is 0 Å². The maximum atomic E-state index is 9.48. The van der Waals surface area contributed by atoms with Crippen LogP contribution in [0, 0.1) is 0 Å². The molecule has 0 aromatic carbocycles. The van der Waals surface area contributed by atoms with Crippen molar-refractivity contribution in [1.29, 1.82) is 0 Å². The van der Waals surface area contributed by atoms with Gasteiger partial charge in [0.2, 0.25) is 0 Å². The van der Waals surface area contributed by atoms with Crippen molar-refractivity contribution in [3.63, 3.8) is 0 Å². The Morgan fingerprint density at radius 1 is 1.31 bits per heavy atom. The summed E-state index contributed by atoms with van der Waals surface area (Å²) in [6.45, 7) is 7.43. The van der Waals surface area contributed by atoms with E-state index < -0.39 is 0 Å². The summed E-state index contributed by atoms with van der Waals surface area (Å²) in [6, 6.07) is 0. The van der Waals surface area contributed by atoms with Gasteiger partial charge in [-0.2, -0.15) is 0 Å². The first-order valence-electron chi connectivity index (χ1n) is 5.83. The smallest absolute Gasteiger partial charge is 0.0986 e. The first-order chi connectivity index (χ1) is 7.51. The minimum absolute atomic E-state index is 0.242. The van der Waals surface area contributed by atoms with Crippen molar-refractivity contribution in [2.75, 3.05) is 13.1 Å². The highest BCUT2D eigenvalue weighted by molar-refractivity contribution is 5.12. The average Bonchev–Trinajstić information content (AvgIpc) is 2.26. The summed E-state index contributed by atoms with van der Waals surface area (Å²) in [5, 5.41) is 9.48. The quantitative estimate of drug-likeness (QED) is 0.570. The molecule has 0 heterocycles. The summed E-state index contributed by atoms with van der Waals surface area (Å²) >= 11 is 0. The number of nitrogens with zero attached hydrogens (tertiary/aromatic N) is 1. The van der Waals surface area contributed by atoms with Crippen LogP contribution in [0.25, 0.3) is 0 Å². The molecule has 0 fully saturated rings. The monoisotopic (exact) mass is 227 g/mol. The summed E-state index contributed by atoms with van der Waals surface area (Å²) < 4.78 is 0. The summed E-state index contributed by atoms with van der Waals surface area (Å²) in [6.07, 6.45) is 4.87. The van der Waals surface area contributed by atoms with E-state index in [0.717, 1.165) is 31.6 Å². The maximum absolute atomic E-state index is 9.48. The Labute approximate surface area is 98.6 Å². The first-order valence-corrected chi connectivity index (χ1v) is 5.83. The molecule has 4 heteroatoms. The van der Waals surface area contributed by atoms with E-state index in [0.29, 0.717) is 5.82 Å². The third kappa shape index (κ3) is 6.35. The maximum Gasteiger partial charge on any atom is 0.0986 e. The lowest BCUT2D eigenvalue weighted by molar-refractivity contribution is 0.145. The number of nitrogens with two attached hydrogens (primary N) is 2. The van der Waals surface area contributed by atoms with Crippen molar-refractivity contribution in [2.24, 2.45) is 11.5 Å². The van der Waals surface area contributed by atoms with Crippen molar-refractivity contribution in [3.8, 4) is 0 Å². The van der Waals surface area contributed by atoms with Crippen molar-refractivity contribution >= 4 is 0 Å². The highest BCUT2D eigenvalue weighted by atomic mass is 16.3. The number of hydrogen-bond acceptors (Lipinski definition) is 4. The van der Waals surface area contributed by atoms with Crippen LogP contribution in [0.5, 0.6) is 0 Å². The molecule has 0 bridgehead atoms. The molecule has 0 aromatic heterocycles. The van der Waals surface area contributed by atoms with E-state index in [1.165, 1.54) is 0 Å². The molecule has 0 radical (unpaired) electrons. The molecule has 1 atom stereocenters. The molecular weight excluding hydrogens is 202 g/mol. The zero-order valence-corrected chi connectivity index (χ0v) is 10.6. The van der Waals surface area contributed by atoms with E-state index in [1.807, 2.05) is 25.7 Å². The lowest BCUT2D eigenvalue weighted by Gasteiger charge is -2.24. The molecular formula is C12H25N3O. The molecule has 94 valence electrons. The first kappa shape index (κ1) is 14.8. The second kappa shape index (κ2) is 8.05. The molecule has 1 unspecified atom stereocenters. The van der Waals surface area contributed by atoms with Gasteiger partial charge in [0.15, 0.2) is 0 Å². The normalized spacial score (nSPS) is 15.0. The van der Waals surface area contributed by atoms with Crippen LogP contribution in [0.4, 0.5) is 0 Å². The highest BCUT2D eigenvalue weighted by Crippen LogP contribution is 2.04. The SMILES string of the molecule is CCC(O)CCN(CC)/C(N)=C/C=C(/C)N. The van der Waals surface area contributed by atoms with Crippen LogP contribution >= 0.6 is 0 Å². The third-order valence-electron chi connectivity index (χ3n) is 2.47. The lowest BCUT2D eigenvalue weighted by atomic mass is 10.2. The molecule has 0 spiro atoms. The molecule has 0 aromatic rings. The molecule has 16 heavy (non-hydrogen) atoms. The highest BCUT2D eigenvalue weighted by Gasteiger charge is 2.06. The van der Waals surface area contributed by atoms with E-state index in [1.54, 1.807) is 12.2 Å². The van der Waals surface area contributed by atoms with E-state index >= 15 is 0 Å². The number of rotatable bonds is 7. The number of aliphatic hydroxyl groups is 1. The molecule has 0 amide bonds. The Morgan fingerprint density at radius 3 is 2.38 bits per heavy atom. The van der Waals surface area contributed by atoms with Gasteiger partial charge in [0, 0.05) is 18.8 Å². The van der Waals surface area contributed by atoms with Gasteiger partial charge in [0.25, 0.3) is 0 Å². The van der Waals surface area contributed by atoms with E-state index in [2.05, 4.69) is 0 Å². The molecule has 4 nitrogen and oxygen atoms in total. The van der Waals surface area contributed by atoms with E-state index in [9.17, 15) is 5.11 Å². The Morgan fingerprint density at radius 2 is 1.94 bits per heavy atom. The Hall–Kier alpha value is -1.16. The van der Waals surface area contributed by atoms with Crippen molar-refractivity contribution in [1.82, 2.24) is 4.90 Å². The molecule has 0 aliphatic heterocycles. The van der Waals surface area contributed by atoms with Crippen LogP contribution in [0.15, 0.2) is 23.7 Å². The number of aliphatic hydroxyl groups excluding tert-OH is 1. The van der Waals surface area contributed by atoms with Gasteiger partial charge in [-0.3, -0.25) is 0 Å². The van der Waals surface area contributed by atoms with Gasteiger partial charge in [-0.1, -0.05) is 6.92 Å². The Kier molecular flexibility index (Phi) is 7.46. The zero-order valence-electron chi connectivity index (χ0n) is 10.6. The van der Waals surface area contributed by atoms with E-state index in [4.69, 9.17) is 11.5 Å². The van der Waals surface area contributed by atoms with Gasteiger partial charge in [0.05, 0.1) is 11.9 Å². The largest absolute Gasteiger partial charge is 0.402 e. The van der Waals surface area contributed by atoms with E-state index in [-0.39, 0.29) is 6.10 Å². The molecule has 5 N–H and O–H groups in total. The number of hydrogen-bond donors (Lipinski definition) is 3. The van der Waals surface area contributed by atoms with Gasteiger partial charge in [-0.15, -0.1) is 0 Å². The fraction of sp³-hybridized carbons (Fsp3) is 0.667. The third-order valence-corrected chi connectivity index (χ3v) is 2.47. The molecule has 0 aliphatic rings. The summed E-state index contributed by atoms with van der Waals surface area (Å²) in [4.78, 5) is 2.03. The second-order valence-electron chi connectivity index (χ2n) is 3.93. The van der Waals surface area contributed by atoms with Crippen LogP contribution in [-0.2, 0) is 0 Å². The van der Waals surface area contributed by atoms with Crippen LogP contribution in [0.2, 0.25) is 0 Å². The fourth-order valence-corrected chi connectivity index (χ4v) is 1.30. The van der Waals surface area contributed by atoms with Crippen LogP contribution < -0.4 is 11.5 Å². The Balaban J connectivity index is 4.27. The van der Waals surface area contributed by atoms with Gasteiger partial charge in [-0.05, 0) is 38.8 Å². The predicted octanol–water partition coefficient (Wildman–Crippen LogP) is 1.13. The Bertz CT molecular complexity index is 245. The minimum Gasteiger partial charge on any atom is -0.402 e. The van der Waals surface area contributed by atoms with Crippen molar-refractivity contribution < 1.29 is 5.11 Å². The fourth-order valence-electron chi connectivity index (χ4n) is 1.30. The molecule has 0 saturated heterocycles. The van der Waals surface area contributed by atoms with Crippen LogP contribution in [-0.4, -0.2) is 29.2 Å². The zero-order chi connectivity index (χ0) is 12.6. The van der Waals surface area contributed by atoms with Gasteiger partial charge < -0.3 is 21.5 Å². The molecule has 0 aliphatic carbocycles. The summed E-state index contributed by atoms with van der Waals surface area (Å²) in [5.41, 5.74) is 12.2. The predicted molar refractivity (Wildman–Crippen MR) is 68.4 cm³/mol. The van der Waals surface area contributed by atoms with Crippen molar-refractivity contribution in [3.05, 3.63) is 23.7 Å². The lowest BCUT2D eigenvalue weighted by Crippen LogP contribution is -2.30. The molecule has 0 rings (SSSR count). The average molecular weight is 227 g/mol. The van der Waals surface area contributed by atoms with Crippen molar-refractivity contribution in [2.45, 2.75) is 39.7 Å². The standard InChI is InChI=1S/C12H25N3O/c1-4-11(16)8-9-15(5-2)12(14)7-6-10(3)13/h6-7,11,16H,4-5,8-9,13-14H2,1-3H3/b10-6-,12-7+. The van der Waals surface area contributed by atoms with Gasteiger partial charge in [0.1, 0.15) is 0 Å². The minimum atomic E-state index is -0.242. The van der Waals surface area contributed by atoms with Crippen LogP contribution in [0.1, 0.15) is 33.6 Å². The van der Waals surface area contributed by atoms with Crippen LogP contribution in [0.3, 0.4) is 0 Å². The summed E-state index contributed by atoms with van der Waals surface area (Å²) in [7, 11) is 0. The summed E-state index contributed by atoms with van der Waals surface area (Å²) in [5.74, 6) is 0.690. The number of allylic oxidation sites excluding steroid dienone is 3. The topological polar surface area (TPSA) is 75.5 Å². The molecule has 0 saturated carbocycles. The second-order valence-corrected chi connectivity index (χ2v) is 3.93.